The van der Waals surface area contributed by atoms with Gasteiger partial charge < -0.3 is 10.1 Å². The number of nitrogens with one attached hydrogen (secondary N) is 1. The first kappa shape index (κ1) is 26.3. The molecule has 11 heteroatoms. The SMILES string of the molecule is CC1(C)Oc2c(sc3nc(/C=C4\C(=O)C(=O)c5ccccc54)sc23)-c2sc3c(c21)SC(/C=C1\C(=O)C(=O)c2ccccc21)N3. The van der Waals surface area contributed by atoms with Crippen LogP contribution in [0, 0.1) is 0 Å². The molecule has 7 nitrogen and oxygen atoms in total. The maximum absolute atomic E-state index is 12.8. The summed E-state index contributed by atoms with van der Waals surface area (Å²) in [6, 6.07) is 14.2. The van der Waals surface area contributed by atoms with Crippen molar-refractivity contribution >= 4 is 101 Å². The average Bonchev–Trinajstić information content (AvgIpc) is 3.82. The monoisotopic (exact) mass is 650 g/mol. The van der Waals surface area contributed by atoms with Gasteiger partial charge in [0.1, 0.15) is 25.1 Å². The number of aromatic nitrogens is 1. The number of carbonyl (C=O) groups is 4. The molecule has 0 saturated carbocycles. The molecular weight excluding hydrogens is 633 g/mol. The average molecular weight is 651 g/mol. The molecule has 4 aliphatic rings. The summed E-state index contributed by atoms with van der Waals surface area (Å²) in [6.45, 7) is 4.10. The van der Waals surface area contributed by atoms with Crippen LogP contribution in [0.2, 0.25) is 0 Å². The van der Waals surface area contributed by atoms with Gasteiger partial charge in [-0.25, -0.2) is 4.98 Å². The minimum absolute atomic E-state index is 0.198. The van der Waals surface area contributed by atoms with E-state index in [1.807, 2.05) is 24.3 Å². The van der Waals surface area contributed by atoms with Crippen molar-refractivity contribution < 1.29 is 23.9 Å². The molecule has 3 aromatic heterocycles. The van der Waals surface area contributed by atoms with Crippen LogP contribution >= 0.6 is 45.8 Å². The molecule has 2 aromatic carbocycles. The number of allylic oxidation sites excluding steroid dienone is 2. The van der Waals surface area contributed by atoms with Gasteiger partial charge in [0.2, 0.25) is 23.1 Å². The number of hydrogen-bond donors (Lipinski definition) is 1. The molecule has 2 aliphatic carbocycles. The Hall–Kier alpha value is -4.16. The summed E-state index contributed by atoms with van der Waals surface area (Å²) in [7, 11) is 0. The molecule has 0 bridgehead atoms. The number of Topliss-reactive ketones (excluding diaryl/α,β-unsaturated/α-hetero) is 4. The van der Waals surface area contributed by atoms with E-state index in [1.54, 1.807) is 70.8 Å². The van der Waals surface area contributed by atoms with E-state index in [2.05, 4.69) is 19.2 Å². The van der Waals surface area contributed by atoms with Crippen LogP contribution in [0.3, 0.4) is 0 Å². The molecule has 5 heterocycles. The van der Waals surface area contributed by atoms with Crippen molar-refractivity contribution in [3.8, 4) is 15.5 Å². The second-order valence-corrected chi connectivity index (χ2v) is 15.5. The lowest BCUT2D eigenvalue weighted by atomic mass is 9.95. The summed E-state index contributed by atoms with van der Waals surface area (Å²) < 4.78 is 7.61. The Morgan fingerprint density at radius 3 is 2.14 bits per heavy atom. The van der Waals surface area contributed by atoms with E-state index in [0.717, 1.165) is 40.5 Å². The fourth-order valence-corrected chi connectivity index (χ4v) is 11.6. The Morgan fingerprint density at radius 2 is 1.43 bits per heavy atom. The van der Waals surface area contributed by atoms with Crippen molar-refractivity contribution in [1.29, 1.82) is 0 Å². The van der Waals surface area contributed by atoms with E-state index in [4.69, 9.17) is 9.72 Å². The molecule has 0 fully saturated rings. The van der Waals surface area contributed by atoms with Crippen LogP contribution in [0.5, 0.6) is 5.75 Å². The molecule has 0 saturated heterocycles. The van der Waals surface area contributed by atoms with Gasteiger partial charge in [-0.05, 0) is 37.1 Å². The quantitative estimate of drug-likeness (QED) is 0.153. The van der Waals surface area contributed by atoms with Crippen LogP contribution in [-0.2, 0) is 15.2 Å². The van der Waals surface area contributed by atoms with Crippen LogP contribution in [0.25, 0.3) is 36.5 Å². The molecule has 0 spiro atoms. The number of thioether (sulfide) groups is 1. The smallest absolute Gasteiger partial charge is 0.234 e. The van der Waals surface area contributed by atoms with Crippen molar-refractivity contribution in [2.75, 3.05) is 5.32 Å². The van der Waals surface area contributed by atoms with Crippen molar-refractivity contribution in [3.05, 3.63) is 87.4 Å². The highest BCUT2D eigenvalue weighted by molar-refractivity contribution is 8.01. The molecular formula is C33H18N2O5S4. The number of ketones is 4. The highest BCUT2D eigenvalue weighted by Crippen LogP contribution is 2.62. The molecule has 2 aliphatic heterocycles. The summed E-state index contributed by atoms with van der Waals surface area (Å²) in [5, 5.41) is 5.02. The zero-order valence-corrected chi connectivity index (χ0v) is 26.2. The maximum Gasteiger partial charge on any atom is 0.234 e. The van der Waals surface area contributed by atoms with Gasteiger partial charge in [0, 0.05) is 27.8 Å². The number of hydrogen-bond acceptors (Lipinski definition) is 11. The zero-order chi connectivity index (χ0) is 30.1. The third kappa shape index (κ3) is 3.52. The summed E-state index contributed by atoms with van der Waals surface area (Å²) in [5.41, 5.74) is 3.49. The highest BCUT2D eigenvalue weighted by Gasteiger charge is 2.44. The van der Waals surface area contributed by atoms with E-state index in [0.29, 0.717) is 38.4 Å². The molecule has 5 aromatic rings. The van der Waals surface area contributed by atoms with E-state index in [9.17, 15) is 19.2 Å². The van der Waals surface area contributed by atoms with Crippen molar-refractivity contribution in [2.45, 2.75) is 29.7 Å². The lowest BCUT2D eigenvalue weighted by Gasteiger charge is -2.32. The van der Waals surface area contributed by atoms with E-state index in [-0.39, 0.29) is 5.37 Å². The molecule has 1 atom stereocenters. The zero-order valence-electron chi connectivity index (χ0n) is 23.0. The maximum atomic E-state index is 12.8. The van der Waals surface area contributed by atoms with Crippen molar-refractivity contribution in [2.24, 2.45) is 0 Å². The lowest BCUT2D eigenvalue weighted by molar-refractivity contribution is -0.110. The predicted molar refractivity (Wildman–Crippen MR) is 175 cm³/mol. The molecule has 1 unspecified atom stereocenters. The third-order valence-electron chi connectivity index (χ3n) is 8.18. The minimum atomic E-state index is -0.641. The first-order valence-corrected chi connectivity index (χ1v) is 17.1. The van der Waals surface area contributed by atoms with E-state index < -0.39 is 28.7 Å². The van der Waals surface area contributed by atoms with Gasteiger partial charge >= 0.3 is 0 Å². The van der Waals surface area contributed by atoms with E-state index >= 15 is 0 Å². The summed E-state index contributed by atoms with van der Waals surface area (Å²) in [4.78, 5) is 59.4. The minimum Gasteiger partial charge on any atom is -0.480 e. The second-order valence-electron chi connectivity index (χ2n) is 11.3. The number of carbonyl (C=O) groups excluding carboxylic acids is 4. The summed E-state index contributed by atoms with van der Waals surface area (Å²) >= 11 is 6.30. The molecule has 1 N–H and O–H groups in total. The summed E-state index contributed by atoms with van der Waals surface area (Å²) in [6.07, 6.45) is 3.57. The number of fused-ring (bicyclic) bond motifs is 9. The topological polar surface area (TPSA) is 102 Å². The van der Waals surface area contributed by atoms with E-state index in [1.165, 1.54) is 11.3 Å². The van der Waals surface area contributed by atoms with Crippen molar-refractivity contribution in [3.63, 3.8) is 0 Å². The first-order chi connectivity index (χ1) is 21.2. The summed E-state index contributed by atoms with van der Waals surface area (Å²) in [5.74, 6) is -1.12. The molecule has 0 radical (unpaired) electrons. The first-order valence-electron chi connectivity index (χ1n) is 13.7. The molecule has 0 amide bonds. The van der Waals surface area contributed by atoms with Gasteiger partial charge in [0.25, 0.3) is 0 Å². The fourth-order valence-electron chi connectivity index (χ4n) is 6.23. The Bertz CT molecular complexity index is 2280. The normalized spacial score (nSPS) is 21.0. The lowest BCUT2D eigenvalue weighted by Crippen LogP contribution is -2.28. The Balaban J connectivity index is 1.07. The van der Waals surface area contributed by atoms with Crippen LogP contribution in [0.1, 0.15) is 56.3 Å². The van der Waals surface area contributed by atoms with Gasteiger partial charge in [-0.15, -0.1) is 34.0 Å². The van der Waals surface area contributed by atoms with Gasteiger partial charge in [-0.1, -0.05) is 60.3 Å². The Kier molecular flexibility index (Phi) is 5.34. The molecule has 9 rings (SSSR count). The van der Waals surface area contributed by atoms with Crippen LogP contribution < -0.4 is 10.1 Å². The second kappa shape index (κ2) is 8.95. The van der Waals surface area contributed by atoms with Gasteiger partial charge in [0.05, 0.1) is 20.0 Å². The van der Waals surface area contributed by atoms with Gasteiger partial charge in [-0.2, -0.15) is 0 Å². The van der Waals surface area contributed by atoms with Gasteiger partial charge in [-0.3, -0.25) is 19.2 Å². The molecule has 214 valence electrons. The fraction of sp³-hybridized carbons (Fsp3) is 0.121. The number of nitrogens with zero attached hydrogens (tertiary/aromatic N) is 1. The third-order valence-corrected chi connectivity index (χ3v) is 12.9. The van der Waals surface area contributed by atoms with Crippen molar-refractivity contribution in [1.82, 2.24) is 4.98 Å². The van der Waals surface area contributed by atoms with Crippen LogP contribution in [-0.4, -0.2) is 33.5 Å². The molecule has 44 heavy (non-hydrogen) atoms. The number of thiazole rings is 1. The predicted octanol–water partition coefficient (Wildman–Crippen LogP) is 7.71. The van der Waals surface area contributed by atoms with Crippen LogP contribution in [0.15, 0.2) is 59.5 Å². The Labute approximate surface area is 266 Å². The number of anilines is 1. The number of ether oxygens (including phenoxy) is 1. The number of rotatable bonds is 2. The van der Waals surface area contributed by atoms with Crippen LogP contribution in [0.4, 0.5) is 5.00 Å². The number of benzene rings is 2. The highest BCUT2D eigenvalue weighted by atomic mass is 32.2. The Morgan fingerprint density at radius 1 is 0.795 bits per heavy atom. The largest absolute Gasteiger partial charge is 0.480 e. The number of thiophene rings is 2. The van der Waals surface area contributed by atoms with Gasteiger partial charge in [0.15, 0.2) is 5.75 Å². The standard InChI is InChI=1S/C33H18N2O5S4/c1-33(2)21-27(43-31-28(21)41-19(34-31)11-17-13-7-3-5-9-15(13)22(36)24(17)38)29-26(40-33)30-32(44-29)35-20(42-30)12-18-14-8-4-6-10-16(14)23(37)25(18)39/h3-12,19,34H,1-2H3/b17-11-,18-12-.